The van der Waals surface area contributed by atoms with Crippen molar-refractivity contribution in [1.29, 1.82) is 0 Å². The van der Waals surface area contributed by atoms with Crippen LogP contribution in [0.5, 0.6) is 0 Å². The van der Waals surface area contributed by atoms with E-state index in [9.17, 15) is 14.4 Å². The number of carbonyl (C=O) groups is 3. The minimum Gasteiger partial charge on any atom is -0.356 e. The summed E-state index contributed by atoms with van der Waals surface area (Å²) in [6.07, 6.45) is 4.42. The van der Waals surface area contributed by atoms with Crippen molar-refractivity contribution < 1.29 is 14.4 Å². The first-order valence-corrected chi connectivity index (χ1v) is 8.53. The van der Waals surface area contributed by atoms with Crippen LogP contribution in [0.1, 0.15) is 17.7 Å². The van der Waals surface area contributed by atoms with Crippen LogP contribution < -0.4 is 10.6 Å². The van der Waals surface area contributed by atoms with Gasteiger partial charge in [-0.1, -0.05) is 30.3 Å². The van der Waals surface area contributed by atoms with E-state index >= 15 is 0 Å². The fraction of sp³-hybridized carbons (Fsp3) is 0.333. The Morgan fingerprint density at radius 1 is 1.19 bits per heavy atom. The maximum absolute atomic E-state index is 12.4. The smallest absolute Gasteiger partial charge is 0.324 e. The van der Waals surface area contributed by atoms with Crippen LogP contribution in [0, 0.1) is 0 Å². The number of amides is 4. The molecule has 1 aliphatic heterocycles. The number of benzene rings is 1. The van der Waals surface area contributed by atoms with Gasteiger partial charge in [0.2, 0.25) is 5.91 Å². The van der Waals surface area contributed by atoms with Gasteiger partial charge in [-0.15, -0.1) is 0 Å². The highest BCUT2D eigenvalue weighted by molar-refractivity contribution is 6.05. The van der Waals surface area contributed by atoms with Gasteiger partial charge in [0.05, 0.1) is 12.7 Å². The largest absolute Gasteiger partial charge is 0.356 e. The number of hydrogen-bond acceptors (Lipinski definition) is 4. The van der Waals surface area contributed by atoms with E-state index in [4.69, 9.17) is 0 Å². The lowest BCUT2D eigenvalue weighted by Gasteiger charge is -2.13. The highest BCUT2D eigenvalue weighted by Gasteiger charge is 2.38. The Bertz CT molecular complexity index is 760. The molecule has 2 aromatic rings. The molecule has 0 aliphatic carbocycles. The first-order chi connectivity index (χ1) is 12.6. The average Bonchev–Trinajstić information content (AvgIpc) is 3.23. The fourth-order valence-electron chi connectivity index (χ4n) is 2.83. The van der Waals surface area contributed by atoms with Gasteiger partial charge >= 0.3 is 6.03 Å². The molecule has 1 fully saturated rings. The summed E-state index contributed by atoms with van der Waals surface area (Å²) in [6.45, 7) is 0.736. The standard InChI is InChI=1S/C18H21N5O3/c24-16(20-8-6-14-11-19-12-21-14)10-15-17(25)23(18(26)22-15)9-7-13-4-2-1-3-5-13/h1-5,11-12,15H,6-10H2,(H,19,21)(H,20,24)(H,22,26). The predicted molar refractivity (Wildman–Crippen MR) is 94.1 cm³/mol. The van der Waals surface area contributed by atoms with Crippen molar-refractivity contribution >= 4 is 17.8 Å². The van der Waals surface area contributed by atoms with E-state index in [-0.39, 0.29) is 18.2 Å². The number of aromatic amines is 1. The summed E-state index contributed by atoms with van der Waals surface area (Å²) in [5.41, 5.74) is 1.97. The maximum Gasteiger partial charge on any atom is 0.324 e. The van der Waals surface area contributed by atoms with Gasteiger partial charge in [-0.25, -0.2) is 9.78 Å². The summed E-state index contributed by atoms with van der Waals surface area (Å²) >= 11 is 0. The van der Waals surface area contributed by atoms with Gasteiger partial charge in [0.25, 0.3) is 5.91 Å². The second-order valence-electron chi connectivity index (χ2n) is 6.11. The topological polar surface area (TPSA) is 107 Å². The number of imide groups is 1. The number of aromatic nitrogens is 2. The number of urea groups is 1. The fourth-order valence-corrected chi connectivity index (χ4v) is 2.83. The molecule has 1 unspecified atom stereocenters. The van der Waals surface area contributed by atoms with Gasteiger partial charge in [-0.3, -0.25) is 14.5 Å². The van der Waals surface area contributed by atoms with Crippen LogP contribution in [-0.2, 0) is 22.4 Å². The van der Waals surface area contributed by atoms with Crippen molar-refractivity contribution in [3.8, 4) is 0 Å². The van der Waals surface area contributed by atoms with Gasteiger partial charge < -0.3 is 15.6 Å². The van der Waals surface area contributed by atoms with Crippen molar-refractivity contribution in [2.75, 3.05) is 13.1 Å². The van der Waals surface area contributed by atoms with Crippen molar-refractivity contribution in [3.05, 3.63) is 54.1 Å². The van der Waals surface area contributed by atoms with Gasteiger partial charge in [0.15, 0.2) is 0 Å². The van der Waals surface area contributed by atoms with Gasteiger partial charge in [-0.2, -0.15) is 0 Å². The minimum atomic E-state index is -0.801. The summed E-state index contributed by atoms with van der Waals surface area (Å²) in [7, 11) is 0. The highest BCUT2D eigenvalue weighted by atomic mass is 16.2. The molecule has 3 rings (SSSR count). The minimum absolute atomic E-state index is 0.0601. The molecule has 136 valence electrons. The molecule has 0 spiro atoms. The Labute approximate surface area is 151 Å². The molecule has 2 heterocycles. The average molecular weight is 355 g/mol. The second-order valence-corrected chi connectivity index (χ2v) is 6.11. The normalized spacial score (nSPS) is 16.6. The molecule has 8 nitrogen and oxygen atoms in total. The monoisotopic (exact) mass is 355 g/mol. The van der Waals surface area contributed by atoms with Crippen LogP contribution in [0.4, 0.5) is 4.79 Å². The zero-order valence-electron chi connectivity index (χ0n) is 14.3. The lowest BCUT2D eigenvalue weighted by Crippen LogP contribution is -2.37. The summed E-state index contributed by atoms with van der Waals surface area (Å²) in [4.78, 5) is 44.4. The van der Waals surface area contributed by atoms with Crippen LogP contribution in [0.15, 0.2) is 42.9 Å². The van der Waals surface area contributed by atoms with E-state index in [1.54, 1.807) is 12.5 Å². The maximum atomic E-state index is 12.4. The van der Waals surface area contributed by atoms with Gasteiger partial charge in [0.1, 0.15) is 6.04 Å². The number of H-pyrrole nitrogens is 1. The molecule has 26 heavy (non-hydrogen) atoms. The van der Waals surface area contributed by atoms with Crippen molar-refractivity contribution in [2.45, 2.75) is 25.3 Å². The van der Waals surface area contributed by atoms with E-state index in [1.807, 2.05) is 30.3 Å². The number of imidazole rings is 1. The quantitative estimate of drug-likeness (QED) is 0.604. The molecule has 3 N–H and O–H groups in total. The summed E-state index contributed by atoms with van der Waals surface area (Å²) in [5, 5.41) is 5.33. The van der Waals surface area contributed by atoms with Crippen molar-refractivity contribution in [3.63, 3.8) is 0 Å². The van der Waals surface area contributed by atoms with E-state index in [0.717, 1.165) is 11.3 Å². The highest BCUT2D eigenvalue weighted by Crippen LogP contribution is 2.11. The first kappa shape index (κ1) is 17.7. The molecule has 1 aromatic carbocycles. The Morgan fingerprint density at radius 3 is 2.73 bits per heavy atom. The molecular formula is C18H21N5O3. The van der Waals surface area contributed by atoms with Crippen LogP contribution in [0.25, 0.3) is 0 Å². The number of nitrogens with zero attached hydrogens (tertiary/aromatic N) is 2. The van der Waals surface area contributed by atoms with Crippen LogP contribution >= 0.6 is 0 Å². The Kier molecular flexibility index (Phi) is 5.62. The molecule has 1 saturated heterocycles. The lowest BCUT2D eigenvalue weighted by molar-refractivity contribution is -0.130. The third kappa shape index (κ3) is 4.47. The van der Waals surface area contributed by atoms with Gasteiger partial charge in [-0.05, 0) is 12.0 Å². The van der Waals surface area contributed by atoms with E-state index in [0.29, 0.717) is 25.9 Å². The lowest BCUT2D eigenvalue weighted by atomic mass is 10.1. The molecular weight excluding hydrogens is 334 g/mol. The zero-order chi connectivity index (χ0) is 18.4. The SMILES string of the molecule is O=C(CC1NC(=O)N(CCc2ccccc2)C1=O)NCCc1cnc[nH]1. The second kappa shape index (κ2) is 8.28. The number of rotatable bonds is 8. The zero-order valence-corrected chi connectivity index (χ0v) is 14.3. The molecule has 1 atom stereocenters. The van der Waals surface area contributed by atoms with Crippen molar-refractivity contribution in [1.82, 2.24) is 25.5 Å². The van der Waals surface area contributed by atoms with E-state index < -0.39 is 12.1 Å². The molecule has 0 radical (unpaired) electrons. The van der Waals surface area contributed by atoms with E-state index in [2.05, 4.69) is 20.6 Å². The Hall–Kier alpha value is -3.16. The van der Waals surface area contributed by atoms with E-state index in [1.165, 1.54) is 4.90 Å². The first-order valence-electron chi connectivity index (χ1n) is 8.53. The van der Waals surface area contributed by atoms with Crippen molar-refractivity contribution in [2.24, 2.45) is 0 Å². The number of nitrogens with one attached hydrogen (secondary N) is 3. The molecule has 0 saturated carbocycles. The molecule has 1 aromatic heterocycles. The molecule has 4 amide bonds. The van der Waals surface area contributed by atoms with Crippen LogP contribution in [0.2, 0.25) is 0 Å². The van der Waals surface area contributed by atoms with Gasteiger partial charge in [0, 0.05) is 31.4 Å². The molecule has 0 bridgehead atoms. The Morgan fingerprint density at radius 2 is 2.00 bits per heavy atom. The predicted octanol–water partition coefficient (Wildman–Crippen LogP) is 0.622. The Balaban J connectivity index is 1.44. The van der Waals surface area contributed by atoms with Crippen LogP contribution in [0.3, 0.4) is 0 Å². The number of carbonyl (C=O) groups excluding carboxylic acids is 3. The molecule has 1 aliphatic rings. The summed E-state index contributed by atoms with van der Waals surface area (Å²) in [6, 6.07) is 8.39. The summed E-state index contributed by atoms with van der Waals surface area (Å²) in [5.74, 6) is -0.622. The number of hydrogen-bond donors (Lipinski definition) is 3. The summed E-state index contributed by atoms with van der Waals surface area (Å²) < 4.78 is 0. The third-order valence-corrected chi connectivity index (χ3v) is 4.23. The van der Waals surface area contributed by atoms with Crippen LogP contribution in [-0.4, -0.2) is 51.8 Å². The molecule has 8 heteroatoms. The third-order valence-electron chi connectivity index (χ3n) is 4.23.